The Morgan fingerprint density at radius 3 is 2.62 bits per heavy atom. The van der Waals surface area contributed by atoms with Crippen LogP contribution in [-0.2, 0) is 4.79 Å². The molecule has 5 nitrogen and oxygen atoms in total. The van der Waals surface area contributed by atoms with Crippen LogP contribution >= 0.6 is 0 Å². The first-order valence-corrected chi connectivity index (χ1v) is 10.1. The van der Waals surface area contributed by atoms with E-state index in [0.717, 1.165) is 45.3 Å². The van der Waals surface area contributed by atoms with Gasteiger partial charge in [-0.05, 0) is 69.7 Å². The van der Waals surface area contributed by atoms with E-state index < -0.39 is 0 Å². The van der Waals surface area contributed by atoms with Gasteiger partial charge in [0.2, 0.25) is 5.91 Å². The van der Waals surface area contributed by atoms with E-state index in [1.54, 1.807) is 0 Å². The Kier molecular flexibility index (Phi) is 7.06. The molecule has 0 radical (unpaired) electrons. The molecule has 2 fully saturated rings. The summed E-state index contributed by atoms with van der Waals surface area (Å²) in [6.07, 6.45) is 7.20. The van der Waals surface area contributed by atoms with Gasteiger partial charge in [-0.1, -0.05) is 18.2 Å². The van der Waals surface area contributed by atoms with Crippen molar-refractivity contribution in [2.45, 2.75) is 51.0 Å². The lowest BCUT2D eigenvalue weighted by Crippen LogP contribution is -2.49. The minimum absolute atomic E-state index is 0.0571. The first kappa shape index (κ1) is 18.9. The number of carbonyl (C=O) groups excluding carboxylic acids is 2. The fourth-order valence-corrected chi connectivity index (χ4v) is 4.08. The summed E-state index contributed by atoms with van der Waals surface area (Å²) in [7, 11) is 0. The summed E-state index contributed by atoms with van der Waals surface area (Å²) in [5, 5.41) is 6.40. The van der Waals surface area contributed by atoms with Crippen molar-refractivity contribution in [1.29, 1.82) is 0 Å². The van der Waals surface area contributed by atoms with Gasteiger partial charge in [0.05, 0.1) is 0 Å². The van der Waals surface area contributed by atoms with Crippen LogP contribution in [0, 0.1) is 5.92 Å². The molecular weight excluding hydrogens is 326 g/mol. The molecule has 2 saturated heterocycles. The number of likely N-dealkylation sites (tertiary alicyclic amines) is 1. The number of hydrogen-bond acceptors (Lipinski definition) is 3. The van der Waals surface area contributed by atoms with Gasteiger partial charge in [0.1, 0.15) is 0 Å². The molecule has 1 unspecified atom stereocenters. The molecule has 1 aromatic rings. The predicted molar refractivity (Wildman–Crippen MR) is 103 cm³/mol. The van der Waals surface area contributed by atoms with E-state index in [2.05, 4.69) is 10.6 Å². The molecule has 2 heterocycles. The lowest BCUT2D eigenvalue weighted by Gasteiger charge is -2.36. The Bertz CT molecular complexity index is 584. The summed E-state index contributed by atoms with van der Waals surface area (Å²) >= 11 is 0. The number of nitrogens with zero attached hydrogens (tertiary/aromatic N) is 1. The maximum Gasteiger partial charge on any atom is 0.251 e. The lowest BCUT2D eigenvalue weighted by molar-refractivity contribution is -0.135. The average Bonchev–Trinajstić information content (AvgIpc) is 2.72. The maximum atomic E-state index is 12.8. The van der Waals surface area contributed by atoms with E-state index in [0.29, 0.717) is 24.4 Å². The fraction of sp³-hybridized carbons (Fsp3) is 0.619. The van der Waals surface area contributed by atoms with Crippen LogP contribution in [0.15, 0.2) is 30.3 Å². The number of carbonyl (C=O) groups is 2. The number of nitrogens with one attached hydrogen (secondary N) is 2. The van der Waals surface area contributed by atoms with Gasteiger partial charge in [0.25, 0.3) is 5.91 Å². The maximum absolute atomic E-state index is 12.8. The highest BCUT2D eigenvalue weighted by atomic mass is 16.2. The zero-order valence-corrected chi connectivity index (χ0v) is 15.6. The van der Waals surface area contributed by atoms with Gasteiger partial charge in [-0.15, -0.1) is 0 Å². The Labute approximate surface area is 156 Å². The van der Waals surface area contributed by atoms with Gasteiger partial charge in [-0.2, -0.15) is 0 Å². The van der Waals surface area contributed by atoms with Crippen molar-refractivity contribution < 1.29 is 9.59 Å². The Morgan fingerprint density at radius 1 is 1.08 bits per heavy atom. The zero-order chi connectivity index (χ0) is 18.2. The Balaban J connectivity index is 1.48. The summed E-state index contributed by atoms with van der Waals surface area (Å²) < 4.78 is 0. The second kappa shape index (κ2) is 9.72. The van der Waals surface area contributed by atoms with Crippen LogP contribution in [0.1, 0.15) is 55.3 Å². The first-order valence-electron chi connectivity index (χ1n) is 10.1. The Morgan fingerprint density at radius 2 is 1.85 bits per heavy atom. The molecule has 3 rings (SSSR count). The molecule has 1 atom stereocenters. The highest BCUT2D eigenvalue weighted by molar-refractivity contribution is 5.94. The third kappa shape index (κ3) is 5.31. The van der Waals surface area contributed by atoms with Gasteiger partial charge in [0.15, 0.2) is 0 Å². The monoisotopic (exact) mass is 357 g/mol. The van der Waals surface area contributed by atoms with E-state index >= 15 is 0 Å². The molecule has 2 aliphatic heterocycles. The van der Waals surface area contributed by atoms with Crippen molar-refractivity contribution in [2.24, 2.45) is 5.92 Å². The molecule has 0 aromatic heterocycles. The molecule has 0 saturated carbocycles. The second-order valence-corrected chi connectivity index (χ2v) is 7.54. The van der Waals surface area contributed by atoms with Crippen molar-refractivity contribution in [3.8, 4) is 0 Å². The standard InChI is InChI=1S/C21H31N3O2/c25-20(10-9-17-11-13-22-14-12-17)24-15-5-4-8-19(24)16-23-21(26)18-6-2-1-3-7-18/h1-3,6-7,17,19,22H,4-5,8-16H2,(H,23,26). The third-order valence-electron chi connectivity index (χ3n) is 5.71. The summed E-state index contributed by atoms with van der Waals surface area (Å²) in [5.41, 5.74) is 0.673. The summed E-state index contributed by atoms with van der Waals surface area (Å²) in [6.45, 7) is 3.54. The fourth-order valence-electron chi connectivity index (χ4n) is 4.08. The van der Waals surface area contributed by atoms with E-state index in [-0.39, 0.29) is 17.9 Å². The van der Waals surface area contributed by atoms with Gasteiger partial charge < -0.3 is 15.5 Å². The topological polar surface area (TPSA) is 61.4 Å². The van der Waals surface area contributed by atoms with Crippen LogP contribution in [0.5, 0.6) is 0 Å². The van der Waals surface area contributed by atoms with Crippen LogP contribution in [-0.4, -0.2) is 48.9 Å². The van der Waals surface area contributed by atoms with Gasteiger partial charge in [-0.3, -0.25) is 9.59 Å². The van der Waals surface area contributed by atoms with Crippen molar-refractivity contribution >= 4 is 11.8 Å². The molecule has 0 spiro atoms. The predicted octanol–water partition coefficient (Wildman–Crippen LogP) is 2.58. The van der Waals surface area contributed by atoms with Gasteiger partial charge in [0, 0.05) is 31.1 Å². The molecule has 142 valence electrons. The highest BCUT2D eigenvalue weighted by Gasteiger charge is 2.27. The number of amides is 2. The molecule has 1 aromatic carbocycles. The first-order chi connectivity index (χ1) is 12.7. The van der Waals surface area contributed by atoms with Crippen LogP contribution in [0.3, 0.4) is 0 Å². The van der Waals surface area contributed by atoms with Crippen molar-refractivity contribution in [3.63, 3.8) is 0 Å². The number of piperidine rings is 2. The third-order valence-corrected chi connectivity index (χ3v) is 5.71. The van der Waals surface area contributed by atoms with Crippen molar-refractivity contribution in [2.75, 3.05) is 26.2 Å². The Hall–Kier alpha value is -1.88. The summed E-state index contributed by atoms with van der Waals surface area (Å²) in [5.74, 6) is 0.890. The van der Waals surface area contributed by atoms with Crippen LogP contribution in [0.2, 0.25) is 0 Å². The molecule has 5 heteroatoms. The molecule has 2 amide bonds. The summed E-state index contributed by atoms with van der Waals surface area (Å²) in [4.78, 5) is 27.1. The number of rotatable bonds is 6. The van der Waals surface area contributed by atoms with Gasteiger partial charge in [-0.25, -0.2) is 0 Å². The number of hydrogen-bond donors (Lipinski definition) is 2. The van der Waals surface area contributed by atoms with Crippen molar-refractivity contribution in [3.05, 3.63) is 35.9 Å². The zero-order valence-electron chi connectivity index (χ0n) is 15.6. The average molecular weight is 357 g/mol. The molecule has 26 heavy (non-hydrogen) atoms. The highest BCUT2D eigenvalue weighted by Crippen LogP contribution is 2.22. The van der Waals surface area contributed by atoms with Crippen LogP contribution < -0.4 is 10.6 Å². The van der Waals surface area contributed by atoms with E-state index in [4.69, 9.17) is 0 Å². The smallest absolute Gasteiger partial charge is 0.251 e. The molecular formula is C21H31N3O2. The van der Waals surface area contributed by atoms with Crippen molar-refractivity contribution in [1.82, 2.24) is 15.5 Å². The minimum atomic E-state index is -0.0571. The SMILES string of the molecule is O=C(NCC1CCCCN1C(=O)CCC1CCNCC1)c1ccccc1. The number of benzene rings is 1. The van der Waals surface area contributed by atoms with E-state index in [1.165, 1.54) is 12.8 Å². The normalized spacial score (nSPS) is 21.4. The minimum Gasteiger partial charge on any atom is -0.350 e. The largest absolute Gasteiger partial charge is 0.350 e. The second-order valence-electron chi connectivity index (χ2n) is 7.54. The molecule has 2 aliphatic rings. The molecule has 2 N–H and O–H groups in total. The van der Waals surface area contributed by atoms with Crippen LogP contribution in [0.25, 0.3) is 0 Å². The molecule has 0 aliphatic carbocycles. The quantitative estimate of drug-likeness (QED) is 0.823. The lowest BCUT2D eigenvalue weighted by atomic mass is 9.92. The summed E-state index contributed by atoms with van der Waals surface area (Å²) in [6, 6.07) is 9.41. The van der Waals surface area contributed by atoms with E-state index in [9.17, 15) is 9.59 Å². The van der Waals surface area contributed by atoms with Gasteiger partial charge >= 0.3 is 0 Å². The van der Waals surface area contributed by atoms with E-state index in [1.807, 2.05) is 35.2 Å². The van der Waals surface area contributed by atoms with Crippen LogP contribution in [0.4, 0.5) is 0 Å². The molecule has 0 bridgehead atoms.